The molecule has 4 rings (SSSR count). The Morgan fingerprint density at radius 1 is 1.11 bits per heavy atom. The smallest absolute Gasteiger partial charge is 0.251 e. The highest BCUT2D eigenvalue weighted by Gasteiger charge is 2.25. The third-order valence-electron chi connectivity index (χ3n) is 5.28. The summed E-state index contributed by atoms with van der Waals surface area (Å²) in [6.07, 6.45) is 9.06. The minimum absolute atomic E-state index is 0.0563. The van der Waals surface area contributed by atoms with Gasteiger partial charge in [0.05, 0.1) is 18.8 Å². The maximum Gasteiger partial charge on any atom is 0.251 e. The van der Waals surface area contributed by atoms with Gasteiger partial charge < -0.3 is 9.73 Å². The maximum absolute atomic E-state index is 12.7. The summed E-state index contributed by atoms with van der Waals surface area (Å²) in [6.45, 7) is 3.33. The number of furan rings is 1. The summed E-state index contributed by atoms with van der Waals surface area (Å²) < 4.78 is 7.51. The van der Waals surface area contributed by atoms with Gasteiger partial charge in [0.15, 0.2) is 0 Å². The molecule has 1 aliphatic rings. The predicted molar refractivity (Wildman–Crippen MR) is 107 cm³/mol. The van der Waals surface area contributed by atoms with Crippen molar-refractivity contribution >= 4 is 5.91 Å². The summed E-state index contributed by atoms with van der Waals surface area (Å²) in [4.78, 5) is 15.1. The van der Waals surface area contributed by atoms with Crippen LogP contribution in [0.4, 0.5) is 0 Å². The minimum Gasteiger partial charge on any atom is -0.468 e. The molecule has 3 aromatic rings. The molecule has 0 spiro atoms. The maximum atomic E-state index is 12.7. The van der Waals surface area contributed by atoms with Crippen LogP contribution in [0.3, 0.4) is 0 Å². The first-order chi connectivity index (χ1) is 13.8. The second-order valence-electron chi connectivity index (χ2n) is 7.24. The number of likely N-dealkylation sites (tertiary alicyclic amines) is 1. The molecule has 3 heterocycles. The van der Waals surface area contributed by atoms with E-state index >= 15 is 0 Å². The van der Waals surface area contributed by atoms with Gasteiger partial charge in [0.2, 0.25) is 0 Å². The van der Waals surface area contributed by atoms with Gasteiger partial charge >= 0.3 is 0 Å². The van der Waals surface area contributed by atoms with Crippen LogP contribution >= 0.6 is 0 Å². The molecule has 28 heavy (non-hydrogen) atoms. The highest BCUT2D eigenvalue weighted by atomic mass is 16.3. The van der Waals surface area contributed by atoms with E-state index in [0.717, 1.165) is 24.4 Å². The molecule has 1 N–H and O–H groups in total. The molecular weight excluding hydrogens is 352 g/mol. The van der Waals surface area contributed by atoms with Gasteiger partial charge in [-0.15, -0.1) is 0 Å². The molecular formula is C22H26N4O2. The number of hydrogen-bond acceptors (Lipinski definition) is 4. The first kappa shape index (κ1) is 18.5. The molecule has 6 heteroatoms. The lowest BCUT2D eigenvalue weighted by Gasteiger charge is -2.33. The number of piperidine rings is 1. The van der Waals surface area contributed by atoms with Gasteiger partial charge in [-0.3, -0.25) is 14.4 Å². The van der Waals surface area contributed by atoms with E-state index < -0.39 is 0 Å². The minimum atomic E-state index is -0.0563. The van der Waals surface area contributed by atoms with E-state index in [1.807, 2.05) is 53.3 Å². The quantitative estimate of drug-likeness (QED) is 0.684. The normalized spacial score (nSPS) is 16.0. The topological polar surface area (TPSA) is 63.3 Å². The number of rotatable bonds is 7. The zero-order valence-corrected chi connectivity index (χ0v) is 16.0. The third kappa shape index (κ3) is 4.51. The molecule has 1 fully saturated rings. The molecule has 2 aromatic heterocycles. The fourth-order valence-electron chi connectivity index (χ4n) is 3.75. The molecule has 0 saturated carbocycles. The van der Waals surface area contributed by atoms with Crippen LogP contribution in [-0.2, 0) is 6.54 Å². The summed E-state index contributed by atoms with van der Waals surface area (Å²) in [6, 6.07) is 13.6. The van der Waals surface area contributed by atoms with Gasteiger partial charge in [-0.05, 0) is 61.8 Å². The van der Waals surface area contributed by atoms with E-state index in [4.69, 9.17) is 4.42 Å². The lowest BCUT2D eigenvalue weighted by atomic mass is 10.1. The van der Waals surface area contributed by atoms with E-state index in [1.165, 1.54) is 19.3 Å². The molecule has 6 nitrogen and oxygen atoms in total. The molecule has 1 atom stereocenters. The highest BCUT2D eigenvalue weighted by molar-refractivity contribution is 5.94. The van der Waals surface area contributed by atoms with Crippen molar-refractivity contribution in [3.05, 3.63) is 78.0 Å². The lowest BCUT2D eigenvalue weighted by Crippen LogP contribution is -2.40. The Bertz CT molecular complexity index is 851. The van der Waals surface area contributed by atoms with Crippen molar-refractivity contribution in [2.75, 3.05) is 19.6 Å². The Hall–Kier alpha value is -2.86. The summed E-state index contributed by atoms with van der Waals surface area (Å²) in [7, 11) is 0. The molecule has 1 aliphatic heterocycles. The van der Waals surface area contributed by atoms with E-state index in [9.17, 15) is 4.79 Å². The number of carbonyl (C=O) groups excluding carboxylic acids is 1. The summed E-state index contributed by atoms with van der Waals surface area (Å²) >= 11 is 0. The van der Waals surface area contributed by atoms with Crippen LogP contribution in [-0.4, -0.2) is 40.2 Å². The van der Waals surface area contributed by atoms with Crippen LogP contribution in [0, 0.1) is 0 Å². The van der Waals surface area contributed by atoms with Gasteiger partial charge in [-0.1, -0.05) is 18.6 Å². The second-order valence-corrected chi connectivity index (χ2v) is 7.24. The van der Waals surface area contributed by atoms with Gasteiger partial charge in [-0.2, -0.15) is 5.10 Å². The lowest BCUT2D eigenvalue weighted by molar-refractivity contribution is 0.0914. The molecule has 0 aliphatic carbocycles. The Kier molecular flexibility index (Phi) is 5.87. The van der Waals surface area contributed by atoms with Gasteiger partial charge in [-0.25, -0.2) is 0 Å². The van der Waals surface area contributed by atoms with Gasteiger partial charge in [0.25, 0.3) is 5.91 Å². The van der Waals surface area contributed by atoms with Crippen molar-refractivity contribution in [1.82, 2.24) is 20.0 Å². The number of amides is 1. The number of nitrogens with one attached hydrogen (secondary N) is 1. The first-order valence-electron chi connectivity index (χ1n) is 9.91. The monoisotopic (exact) mass is 378 g/mol. The van der Waals surface area contributed by atoms with Crippen LogP contribution in [0.2, 0.25) is 0 Å². The van der Waals surface area contributed by atoms with E-state index in [2.05, 4.69) is 15.3 Å². The number of carbonyl (C=O) groups is 1. The first-order valence-corrected chi connectivity index (χ1v) is 9.91. The van der Waals surface area contributed by atoms with Crippen LogP contribution < -0.4 is 5.32 Å². The molecule has 1 aromatic carbocycles. The van der Waals surface area contributed by atoms with Crippen LogP contribution in [0.5, 0.6) is 0 Å². The molecule has 1 amide bonds. The van der Waals surface area contributed by atoms with Gasteiger partial charge in [0.1, 0.15) is 5.76 Å². The number of aromatic nitrogens is 2. The zero-order valence-electron chi connectivity index (χ0n) is 16.0. The highest BCUT2D eigenvalue weighted by Crippen LogP contribution is 2.24. The van der Waals surface area contributed by atoms with E-state index in [-0.39, 0.29) is 11.9 Å². The van der Waals surface area contributed by atoms with Crippen molar-refractivity contribution in [2.24, 2.45) is 0 Å². The largest absolute Gasteiger partial charge is 0.468 e. The Balaban J connectivity index is 1.37. The van der Waals surface area contributed by atoms with Crippen LogP contribution in [0.25, 0.3) is 0 Å². The number of nitrogens with zero attached hydrogens (tertiary/aromatic N) is 3. The molecule has 0 radical (unpaired) electrons. The van der Waals surface area contributed by atoms with E-state index in [0.29, 0.717) is 18.7 Å². The van der Waals surface area contributed by atoms with Crippen LogP contribution in [0.1, 0.15) is 47.0 Å². The Morgan fingerprint density at radius 3 is 2.61 bits per heavy atom. The van der Waals surface area contributed by atoms with Crippen molar-refractivity contribution in [2.45, 2.75) is 31.8 Å². The Labute approximate surface area is 165 Å². The average Bonchev–Trinajstić information content (AvgIpc) is 3.44. The Morgan fingerprint density at radius 2 is 1.93 bits per heavy atom. The SMILES string of the molecule is O=C(NCC(c1ccco1)N1CCCCC1)c1ccc(Cn2cccn2)cc1. The summed E-state index contributed by atoms with van der Waals surface area (Å²) in [5.74, 6) is 0.857. The summed E-state index contributed by atoms with van der Waals surface area (Å²) in [5.41, 5.74) is 1.78. The van der Waals surface area contributed by atoms with E-state index in [1.54, 1.807) is 12.5 Å². The number of hydrogen-bond donors (Lipinski definition) is 1. The summed E-state index contributed by atoms with van der Waals surface area (Å²) in [5, 5.41) is 7.30. The molecule has 1 unspecified atom stereocenters. The molecule has 1 saturated heterocycles. The second kappa shape index (κ2) is 8.89. The van der Waals surface area contributed by atoms with Crippen LogP contribution in [0.15, 0.2) is 65.5 Å². The third-order valence-corrected chi connectivity index (χ3v) is 5.28. The number of benzene rings is 1. The zero-order chi connectivity index (χ0) is 19.2. The van der Waals surface area contributed by atoms with Gasteiger partial charge in [0, 0.05) is 24.5 Å². The fraction of sp³-hybridized carbons (Fsp3) is 0.364. The standard InChI is InChI=1S/C22H26N4O2/c27-22(19-9-7-18(8-10-19)17-26-14-5-11-24-26)23-16-20(21-6-4-15-28-21)25-12-2-1-3-13-25/h4-11,14-15,20H,1-3,12-13,16-17H2,(H,23,27). The molecule has 0 bridgehead atoms. The predicted octanol–water partition coefficient (Wildman–Crippen LogP) is 3.48. The van der Waals surface area contributed by atoms with Crippen molar-refractivity contribution in [3.8, 4) is 0 Å². The average molecular weight is 378 g/mol. The fourth-order valence-corrected chi connectivity index (χ4v) is 3.75. The van der Waals surface area contributed by atoms with Crippen molar-refractivity contribution < 1.29 is 9.21 Å². The van der Waals surface area contributed by atoms with Crippen molar-refractivity contribution in [1.29, 1.82) is 0 Å². The van der Waals surface area contributed by atoms with Crippen molar-refractivity contribution in [3.63, 3.8) is 0 Å². The molecule has 146 valence electrons.